The second kappa shape index (κ2) is 24.4. The summed E-state index contributed by atoms with van der Waals surface area (Å²) < 4.78 is 13.5. The van der Waals surface area contributed by atoms with Crippen molar-refractivity contribution in [3.63, 3.8) is 0 Å². The van der Waals surface area contributed by atoms with Gasteiger partial charge in [-0.15, -0.1) is 0 Å². The molecule has 0 amide bonds. The van der Waals surface area contributed by atoms with Crippen molar-refractivity contribution in [2.75, 3.05) is 6.61 Å². The maximum absolute atomic E-state index is 9.28. The first kappa shape index (κ1) is 23.0. The summed E-state index contributed by atoms with van der Waals surface area (Å²) >= 11 is -0.220. The van der Waals surface area contributed by atoms with Crippen LogP contribution in [-0.2, 0) is 16.1 Å². The third-order valence-corrected chi connectivity index (χ3v) is 0.545. The number of hydrogen-bond acceptors (Lipinski definition) is 2. The molecule has 0 fully saturated rings. The summed E-state index contributed by atoms with van der Waals surface area (Å²) in [7, 11) is 0. The Bertz CT molecular complexity index is 35.2. The van der Waals surface area contributed by atoms with E-state index in [1.54, 1.807) is 6.92 Å². The zero-order chi connectivity index (χ0) is 4.12. The van der Waals surface area contributed by atoms with Crippen LogP contribution in [0.3, 0.4) is 0 Å². The summed E-state index contributed by atoms with van der Waals surface area (Å²) in [5.41, 5.74) is 0. The number of hydrogen-bond donors (Lipinski definition) is 1. The van der Waals surface area contributed by atoms with Gasteiger partial charge in [0.15, 0.2) is 0 Å². The summed E-state index contributed by atoms with van der Waals surface area (Å²) in [4.78, 5) is 0. The van der Waals surface area contributed by atoms with Crippen LogP contribution in [0, 0.1) is 0 Å². The van der Waals surface area contributed by atoms with Gasteiger partial charge in [0.1, 0.15) is 11.9 Å². The van der Waals surface area contributed by atoms with Crippen molar-refractivity contribution < 1.29 is 19.3 Å². The predicted octanol–water partition coefficient (Wildman–Crippen LogP) is -2.41. The molecule has 4 N–H and O–H groups in total. The molecule has 0 saturated carbocycles. The molecule has 0 bridgehead atoms. The van der Waals surface area contributed by atoms with E-state index < -0.39 is 0 Å². The fraction of sp³-hybridized carbons (Fsp3) is 1.00. The quantitative estimate of drug-likeness (QED) is 0.354. The van der Waals surface area contributed by atoms with Crippen molar-refractivity contribution in [1.82, 2.24) is 0 Å². The van der Waals surface area contributed by atoms with Gasteiger partial charge in [0.25, 0.3) is 0 Å². The van der Waals surface area contributed by atoms with E-state index in [1.165, 1.54) is 0 Å². The molecule has 0 saturated heterocycles. The molecule has 0 heterocycles. The van der Waals surface area contributed by atoms with E-state index in [0.717, 1.165) is 0 Å². The Morgan fingerprint density at radius 3 is 1.88 bits per heavy atom. The van der Waals surface area contributed by atoms with Gasteiger partial charge in [0.2, 0.25) is 0 Å². The van der Waals surface area contributed by atoms with Crippen LogP contribution in [0.1, 0.15) is 6.92 Å². The van der Waals surface area contributed by atoms with E-state index in [0.29, 0.717) is 6.61 Å². The average Bonchev–Trinajstić information content (AvgIpc) is 1.41. The van der Waals surface area contributed by atoms with E-state index in [-0.39, 0.29) is 52.5 Å². The Balaban J connectivity index is -0.0000000267. The van der Waals surface area contributed by atoms with Crippen LogP contribution in [0.4, 0.5) is 0 Å². The van der Waals surface area contributed by atoms with Crippen molar-refractivity contribution in [2.45, 2.75) is 6.92 Å². The molecule has 0 aromatic carbocycles. The first-order chi connectivity index (χ1) is 2.41. The van der Waals surface area contributed by atoms with Gasteiger partial charge in [-0.25, -0.2) is 4.21 Å². The Hall–Kier alpha value is 1.03. The first-order valence-electron chi connectivity index (χ1n) is 1.36. The van der Waals surface area contributed by atoms with Crippen molar-refractivity contribution in [3.8, 4) is 0 Å². The van der Waals surface area contributed by atoms with Gasteiger partial charge in [0, 0.05) is 0 Å². The Labute approximate surface area is 74.2 Å². The molecule has 0 rings (SSSR count). The molecule has 0 aliphatic rings. The van der Waals surface area contributed by atoms with Crippen LogP contribution in [0.2, 0.25) is 0 Å². The van der Waals surface area contributed by atoms with Crippen molar-refractivity contribution in [2.24, 2.45) is 0 Å². The molecule has 0 spiro atoms. The fourth-order valence-electron chi connectivity index (χ4n) is 0.0527. The molecule has 8 heavy (non-hydrogen) atoms. The molecule has 0 aromatic heterocycles. The van der Waals surface area contributed by atoms with Crippen LogP contribution in [0.25, 0.3) is 0 Å². The predicted molar refractivity (Wildman–Crippen MR) is 35.5 cm³/mol. The van der Waals surface area contributed by atoms with Gasteiger partial charge in [-0.2, -0.15) is 0 Å². The molecule has 0 unspecified atom stereocenters. The second-order valence-corrected chi connectivity index (χ2v) is 0.900. The molecule has 4 nitrogen and oxygen atoms in total. The van der Waals surface area contributed by atoms with Crippen molar-refractivity contribution in [1.29, 1.82) is 0 Å². The summed E-state index contributed by atoms with van der Waals surface area (Å²) in [5, 5.41) is 0. The van der Waals surface area contributed by atoms with Crippen molar-refractivity contribution >= 4 is 41.5 Å². The molecule has 0 aliphatic heterocycles. The number of rotatable bonds is 2. The fourth-order valence-corrected chi connectivity index (χ4v) is 0.158. The van der Waals surface area contributed by atoms with E-state index in [9.17, 15) is 4.21 Å². The first-order valence-corrected chi connectivity index (χ1v) is 2.09. The minimum atomic E-state index is -0.220. The van der Waals surface area contributed by atoms with Gasteiger partial charge < -0.3 is 11.0 Å². The number of thiol groups is 1. The zero-order valence-corrected chi connectivity index (χ0v) is 4.87. The molecule has 0 atom stereocenters. The third-order valence-electron chi connectivity index (χ3n) is 0.182. The topological polar surface area (TPSA) is 89.3 Å². The van der Waals surface area contributed by atoms with Crippen LogP contribution >= 0.6 is 0 Å². The zero-order valence-electron chi connectivity index (χ0n) is 3.97. The Morgan fingerprint density at radius 1 is 1.50 bits per heavy atom. The molecule has 6 heteroatoms. The SMILES string of the molecule is CCO[SH]=O.O.O.[NaH]. The second-order valence-electron chi connectivity index (χ2n) is 0.492. The van der Waals surface area contributed by atoms with Crippen LogP contribution in [0.15, 0.2) is 0 Å². The van der Waals surface area contributed by atoms with Crippen LogP contribution in [0.5, 0.6) is 0 Å². The van der Waals surface area contributed by atoms with Gasteiger partial charge in [0.05, 0.1) is 6.61 Å². The van der Waals surface area contributed by atoms with E-state index in [1.807, 2.05) is 0 Å². The van der Waals surface area contributed by atoms with Crippen LogP contribution in [-0.4, -0.2) is 51.3 Å². The summed E-state index contributed by atoms with van der Waals surface area (Å²) in [5.74, 6) is 0. The van der Waals surface area contributed by atoms with E-state index in [4.69, 9.17) is 0 Å². The van der Waals surface area contributed by atoms with Crippen molar-refractivity contribution in [3.05, 3.63) is 0 Å². The van der Waals surface area contributed by atoms with Gasteiger partial charge in [-0.3, -0.25) is 4.18 Å². The normalized spacial score (nSPS) is 5.12. The monoisotopic (exact) mass is 154 g/mol. The van der Waals surface area contributed by atoms with Gasteiger partial charge in [-0.1, -0.05) is 0 Å². The van der Waals surface area contributed by atoms with Gasteiger partial charge in [-0.05, 0) is 6.92 Å². The molecule has 0 radical (unpaired) electrons. The average molecular weight is 154 g/mol. The molecule has 0 aliphatic carbocycles. The van der Waals surface area contributed by atoms with Gasteiger partial charge >= 0.3 is 29.6 Å². The standard InChI is InChI=1S/C2H6O2S.Na.2H2O.H/c1-2-4-5-3;;;;/h5H,2H2,1H3;;2*1H2;. The Kier molecular flexibility index (Phi) is 70.3. The Morgan fingerprint density at radius 2 is 1.88 bits per heavy atom. The van der Waals surface area contributed by atoms with E-state index >= 15 is 0 Å². The maximum atomic E-state index is 9.28. The third kappa shape index (κ3) is 27.8. The molecule has 50 valence electrons. The minimum absolute atomic E-state index is 0. The van der Waals surface area contributed by atoms with Crippen LogP contribution < -0.4 is 0 Å². The summed E-state index contributed by atoms with van der Waals surface area (Å²) in [6.07, 6.45) is 0. The summed E-state index contributed by atoms with van der Waals surface area (Å²) in [6.45, 7) is 2.30. The molecule has 0 aromatic rings. The van der Waals surface area contributed by atoms with E-state index in [2.05, 4.69) is 4.18 Å². The molecular weight excluding hydrogens is 143 g/mol. The summed E-state index contributed by atoms with van der Waals surface area (Å²) in [6, 6.07) is 0. The molecular formula is C2H11NaO4S.